The lowest BCUT2D eigenvalue weighted by Crippen LogP contribution is -2.38. The molecule has 3 heterocycles. The van der Waals surface area contributed by atoms with E-state index >= 15 is 0 Å². The second-order valence-corrected chi connectivity index (χ2v) is 8.61. The van der Waals surface area contributed by atoms with E-state index in [2.05, 4.69) is 39.1 Å². The largest absolute Gasteiger partial charge is 0.469 e. The lowest BCUT2D eigenvalue weighted by atomic mass is 9.87. The Balaban J connectivity index is 1.92. The Morgan fingerprint density at radius 2 is 2.14 bits per heavy atom. The van der Waals surface area contributed by atoms with Crippen LogP contribution in [0.4, 0.5) is 5.82 Å². The molecule has 2 aromatic heterocycles. The summed E-state index contributed by atoms with van der Waals surface area (Å²) < 4.78 is 9.43. The van der Waals surface area contributed by atoms with Crippen LogP contribution in [0.5, 0.6) is 0 Å². The molecule has 0 spiro atoms. The molecule has 0 N–H and O–H groups in total. The van der Waals surface area contributed by atoms with Crippen molar-refractivity contribution in [1.29, 1.82) is 0 Å². The number of esters is 1. The summed E-state index contributed by atoms with van der Waals surface area (Å²) in [5.74, 6) is 0.265. The van der Waals surface area contributed by atoms with Crippen LogP contribution < -0.4 is 10.5 Å². The van der Waals surface area contributed by atoms with Crippen molar-refractivity contribution < 1.29 is 9.53 Å². The van der Waals surface area contributed by atoms with Gasteiger partial charge in [0.05, 0.1) is 18.5 Å². The normalized spacial score (nSPS) is 19.7. The summed E-state index contributed by atoms with van der Waals surface area (Å²) >= 11 is 2.20. The van der Waals surface area contributed by atoms with E-state index in [9.17, 15) is 9.59 Å². The summed E-state index contributed by atoms with van der Waals surface area (Å²) in [7, 11) is 3.29. The molecule has 1 aliphatic heterocycles. The van der Waals surface area contributed by atoms with Crippen molar-refractivity contribution >= 4 is 51.0 Å². The Morgan fingerprint density at radius 1 is 1.39 bits per heavy atom. The molecule has 28 heavy (non-hydrogen) atoms. The van der Waals surface area contributed by atoms with Crippen LogP contribution in [-0.2, 0) is 16.6 Å². The molecule has 1 saturated heterocycles. The molecule has 2 aliphatic rings. The van der Waals surface area contributed by atoms with Gasteiger partial charge in [0.1, 0.15) is 11.2 Å². The molecule has 0 radical (unpaired) electrons. The van der Waals surface area contributed by atoms with E-state index in [4.69, 9.17) is 4.74 Å². The summed E-state index contributed by atoms with van der Waals surface area (Å²) in [4.78, 5) is 32.3. The number of aromatic nitrogens is 3. The van der Waals surface area contributed by atoms with Crippen LogP contribution in [0, 0.1) is 5.92 Å². The lowest BCUT2D eigenvalue weighted by molar-refractivity contribution is -0.145. The van der Waals surface area contributed by atoms with Gasteiger partial charge in [-0.15, -0.1) is 0 Å². The third kappa shape index (κ3) is 2.98. The number of halogens is 1. The minimum atomic E-state index is -0.252. The number of hydrogen-bond donors (Lipinski definition) is 0. The van der Waals surface area contributed by atoms with Crippen LogP contribution in [0.3, 0.4) is 0 Å². The van der Waals surface area contributed by atoms with Gasteiger partial charge in [-0.25, -0.2) is 9.67 Å². The van der Waals surface area contributed by atoms with E-state index < -0.39 is 0 Å². The number of methoxy groups -OCH3 is 1. The third-order valence-corrected chi connectivity index (χ3v) is 6.42. The number of aryl methyl sites for hydroxylation is 1. The molecule has 0 bridgehead atoms. The Bertz CT molecular complexity index is 1060. The highest BCUT2D eigenvalue weighted by molar-refractivity contribution is 14.1. The van der Waals surface area contributed by atoms with Crippen molar-refractivity contribution in [1.82, 2.24) is 14.3 Å². The number of nitrogens with zero attached hydrogens (tertiary/aromatic N) is 4. The maximum atomic E-state index is 13.5. The van der Waals surface area contributed by atoms with Gasteiger partial charge >= 0.3 is 5.97 Å². The smallest absolute Gasteiger partial charge is 0.309 e. The second kappa shape index (κ2) is 7.38. The first-order chi connectivity index (χ1) is 13.4. The van der Waals surface area contributed by atoms with Crippen LogP contribution >= 0.6 is 22.6 Å². The molecule has 1 fully saturated rings. The highest BCUT2D eigenvalue weighted by Gasteiger charge is 2.31. The van der Waals surface area contributed by atoms with Crippen molar-refractivity contribution in [3.8, 4) is 0 Å². The van der Waals surface area contributed by atoms with Crippen LogP contribution in [0.1, 0.15) is 25.7 Å². The summed E-state index contributed by atoms with van der Waals surface area (Å²) in [6.07, 6.45) is 4.73. The number of ether oxygens (including phenoxy) is 1. The van der Waals surface area contributed by atoms with E-state index in [-0.39, 0.29) is 17.4 Å². The monoisotopic (exact) mass is 494 g/mol. The number of carbonyl (C=O) groups is 1. The number of hydrogen-bond acceptors (Lipinski definition) is 5. The van der Waals surface area contributed by atoms with E-state index in [1.165, 1.54) is 7.11 Å². The molecular formula is C20H23IN4O3. The van der Waals surface area contributed by atoms with Gasteiger partial charge in [-0.2, -0.15) is 0 Å². The zero-order chi connectivity index (χ0) is 20.0. The van der Waals surface area contributed by atoms with Crippen molar-refractivity contribution in [2.24, 2.45) is 13.0 Å². The Labute approximate surface area is 176 Å². The van der Waals surface area contributed by atoms with Gasteiger partial charge in [0, 0.05) is 42.0 Å². The van der Waals surface area contributed by atoms with Crippen LogP contribution in [-0.4, -0.2) is 40.5 Å². The first-order valence-electron chi connectivity index (χ1n) is 9.40. The molecule has 0 aromatic carbocycles. The first-order valence-corrected chi connectivity index (χ1v) is 10.5. The van der Waals surface area contributed by atoms with E-state index in [1.807, 2.05) is 17.8 Å². The van der Waals surface area contributed by atoms with Gasteiger partial charge in [-0.1, -0.05) is 6.58 Å². The van der Waals surface area contributed by atoms with Gasteiger partial charge in [0.15, 0.2) is 0 Å². The summed E-state index contributed by atoms with van der Waals surface area (Å²) in [5, 5.41) is 0.635. The summed E-state index contributed by atoms with van der Waals surface area (Å²) in [6.45, 7) is 5.93. The van der Waals surface area contributed by atoms with Crippen molar-refractivity contribution in [3.05, 3.63) is 38.3 Å². The van der Waals surface area contributed by atoms with Crippen molar-refractivity contribution in [2.45, 2.75) is 25.7 Å². The number of anilines is 1. The zero-order valence-corrected chi connectivity index (χ0v) is 18.2. The number of carbonyl (C=O) groups excluding carboxylic acids is 1. The number of allylic oxidation sites excluding steroid dienone is 3. The predicted octanol–water partition coefficient (Wildman–Crippen LogP) is 3.08. The molecule has 7 nitrogen and oxygen atoms in total. The molecule has 2 aromatic rings. The topological polar surface area (TPSA) is 69.4 Å². The summed E-state index contributed by atoms with van der Waals surface area (Å²) in [5.41, 5.74) is 2.61. The standard InChI is InChI=1S/C20H23IN4O3/c1-12(21)14-6-5-13(20(27)28-3)11-16(14)25-19(26)17-15(23(25)2)7-8-22-18(17)24-9-4-10-24/h7-8,13H,1,4-6,9-11H2,2-3H3. The molecule has 1 atom stereocenters. The predicted molar refractivity (Wildman–Crippen MR) is 118 cm³/mol. The highest BCUT2D eigenvalue weighted by Crippen LogP contribution is 2.38. The van der Waals surface area contributed by atoms with Gasteiger partial charge in [-0.3, -0.25) is 14.3 Å². The zero-order valence-electron chi connectivity index (χ0n) is 16.1. The number of rotatable bonds is 4. The van der Waals surface area contributed by atoms with Gasteiger partial charge < -0.3 is 9.64 Å². The fraction of sp³-hybridized carbons (Fsp3) is 0.450. The van der Waals surface area contributed by atoms with Crippen LogP contribution in [0.25, 0.3) is 16.6 Å². The average molecular weight is 494 g/mol. The minimum Gasteiger partial charge on any atom is -0.469 e. The third-order valence-electron chi connectivity index (χ3n) is 5.77. The van der Waals surface area contributed by atoms with E-state index in [1.54, 1.807) is 10.9 Å². The fourth-order valence-corrected chi connectivity index (χ4v) is 4.71. The van der Waals surface area contributed by atoms with E-state index in [0.717, 1.165) is 45.7 Å². The van der Waals surface area contributed by atoms with E-state index in [0.29, 0.717) is 24.6 Å². The highest BCUT2D eigenvalue weighted by atomic mass is 127. The Kier molecular flexibility index (Phi) is 5.07. The first kappa shape index (κ1) is 19.2. The maximum Gasteiger partial charge on any atom is 0.309 e. The maximum absolute atomic E-state index is 13.5. The SMILES string of the molecule is C=C(I)C1=C(n2c(=O)c3c(N4CCC4)nccc3n2C)CC(C(=O)OC)CC1. The average Bonchev–Trinajstić information content (AvgIpc) is 2.90. The molecule has 1 aliphatic carbocycles. The van der Waals surface area contributed by atoms with Crippen molar-refractivity contribution in [2.75, 3.05) is 25.1 Å². The van der Waals surface area contributed by atoms with Gasteiger partial charge in [0.25, 0.3) is 5.56 Å². The lowest BCUT2D eigenvalue weighted by Gasteiger charge is -2.32. The van der Waals surface area contributed by atoms with Gasteiger partial charge in [0.2, 0.25) is 0 Å². The molecule has 4 rings (SSSR count). The number of pyridine rings is 1. The quantitative estimate of drug-likeness (QED) is 0.483. The fourth-order valence-electron chi connectivity index (χ4n) is 4.13. The molecule has 0 amide bonds. The van der Waals surface area contributed by atoms with Crippen LogP contribution in [0.15, 0.2) is 32.8 Å². The Hall–Kier alpha value is -2.10. The van der Waals surface area contributed by atoms with Crippen molar-refractivity contribution in [3.63, 3.8) is 0 Å². The minimum absolute atomic E-state index is 0.0943. The Morgan fingerprint density at radius 3 is 2.75 bits per heavy atom. The molecule has 148 valence electrons. The summed E-state index contributed by atoms with van der Waals surface area (Å²) in [6, 6.07) is 1.87. The number of fused-ring (bicyclic) bond motifs is 1. The molecule has 1 unspecified atom stereocenters. The molecule has 8 heteroatoms. The van der Waals surface area contributed by atoms with Gasteiger partial charge in [-0.05, 0) is 53.5 Å². The second-order valence-electron chi connectivity index (χ2n) is 7.30. The molecule has 0 saturated carbocycles. The molecular weight excluding hydrogens is 471 g/mol. The van der Waals surface area contributed by atoms with Crippen LogP contribution in [0.2, 0.25) is 0 Å².